The highest BCUT2D eigenvalue weighted by Gasteiger charge is 2.28. The van der Waals surface area contributed by atoms with Crippen LogP contribution in [0.4, 0.5) is 0 Å². The first-order chi connectivity index (χ1) is 13.0. The van der Waals surface area contributed by atoms with Crippen molar-refractivity contribution in [2.24, 2.45) is 11.8 Å². The second-order valence-electron chi connectivity index (χ2n) is 7.46. The van der Waals surface area contributed by atoms with Gasteiger partial charge in [-0.1, -0.05) is 69.2 Å². The van der Waals surface area contributed by atoms with Crippen LogP contribution in [-0.4, -0.2) is 24.5 Å². The SMILES string of the molecule is C[C@@H]1[C@@H](C)CCC[C@H]1NC(=O)COC(=O)c1ccc(-c2ccccc2)cc1. The third-order valence-corrected chi connectivity index (χ3v) is 5.62. The van der Waals surface area contributed by atoms with Gasteiger partial charge in [0.05, 0.1) is 5.56 Å². The molecule has 0 spiro atoms. The van der Waals surface area contributed by atoms with Crippen molar-refractivity contribution >= 4 is 11.9 Å². The van der Waals surface area contributed by atoms with Crippen LogP contribution in [0.25, 0.3) is 11.1 Å². The normalized spacial score (nSPS) is 22.1. The topological polar surface area (TPSA) is 55.4 Å². The molecular formula is C23H27NO3. The van der Waals surface area contributed by atoms with Gasteiger partial charge in [0.1, 0.15) is 0 Å². The molecule has 0 bridgehead atoms. The zero-order chi connectivity index (χ0) is 19.2. The van der Waals surface area contributed by atoms with E-state index in [4.69, 9.17) is 4.74 Å². The molecule has 0 heterocycles. The number of benzene rings is 2. The van der Waals surface area contributed by atoms with Gasteiger partial charge >= 0.3 is 5.97 Å². The van der Waals surface area contributed by atoms with Gasteiger partial charge < -0.3 is 10.1 Å². The molecule has 27 heavy (non-hydrogen) atoms. The highest BCUT2D eigenvalue weighted by atomic mass is 16.5. The van der Waals surface area contributed by atoms with Crippen LogP contribution in [0.5, 0.6) is 0 Å². The summed E-state index contributed by atoms with van der Waals surface area (Å²) in [6.45, 7) is 4.16. The molecule has 1 aliphatic rings. The van der Waals surface area contributed by atoms with Crippen molar-refractivity contribution in [1.29, 1.82) is 0 Å². The predicted octanol–water partition coefficient (Wildman–Crippen LogP) is 4.45. The minimum absolute atomic E-state index is 0.171. The number of ether oxygens (including phenoxy) is 1. The van der Waals surface area contributed by atoms with E-state index in [-0.39, 0.29) is 18.6 Å². The lowest BCUT2D eigenvalue weighted by Crippen LogP contribution is -2.45. The molecule has 2 aromatic carbocycles. The largest absolute Gasteiger partial charge is 0.452 e. The molecule has 0 saturated heterocycles. The van der Waals surface area contributed by atoms with E-state index in [1.54, 1.807) is 12.1 Å². The zero-order valence-electron chi connectivity index (χ0n) is 16.0. The second-order valence-corrected chi connectivity index (χ2v) is 7.46. The van der Waals surface area contributed by atoms with Gasteiger partial charge in [-0.15, -0.1) is 0 Å². The molecule has 0 radical (unpaired) electrons. The van der Waals surface area contributed by atoms with E-state index in [0.717, 1.165) is 24.0 Å². The quantitative estimate of drug-likeness (QED) is 0.797. The van der Waals surface area contributed by atoms with Crippen molar-refractivity contribution in [3.05, 3.63) is 60.2 Å². The van der Waals surface area contributed by atoms with Crippen LogP contribution >= 0.6 is 0 Å². The highest BCUT2D eigenvalue weighted by molar-refractivity contribution is 5.91. The zero-order valence-corrected chi connectivity index (χ0v) is 16.0. The van der Waals surface area contributed by atoms with E-state index in [0.29, 0.717) is 17.4 Å². The Morgan fingerprint density at radius 2 is 1.63 bits per heavy atom. The molecule has 1 aliphatic carbocycles. The van der Waals surface area contributed by atoms with E-state index in [1.165, 1.54) is 6.42 Å². The van der Waals surface area contributed by atoms with E-state index in [1.807, 2.05) is 42.5 Å². The number of esters is 1. The summed E-state index contributed by atoms with van der Waals surface area (Å²) in [4.78, 5) is 24.4. The number of carbonyl (C=O) groups excluding carboxylic acids is 2. The van der Waals surface area contributed by atoms with E-state index in [2.05, 4.69) is 19.2 Å². The third-order valence-electron chi connectivity index (χ3n) is 5.62. The monoisotopic (exact) mass is 365 g/mol. The smallest absolute Gasteiger partial charge is 0.338 e. The summed E-state index contributed by atoms with van der Waals surface area (Å²) >= 11 is 0. The van der Waals surface area contributed by atoms with Gasteiger partial charge in [-0.3, -0.25) is 4.79 Å². The minimum atomic E-state index is -0.477. The maximum absolute atomic E-state index is 12.2. The molecule has 3 rings (SSSR count). The molecule has 4 heteroatoms. The van der Waals surface area contributed by atoms with E-state index >= 15 is 0 Å². The van der Waals surface area contributed by atoms with Gasteiger partial charge in [-0.05, 0) is 41.5 Å². The third kappa shape index (κ3) is 4.97. The molecule has 1 fully saturated rings. The maximum Gasteiger partial charge on any atom is 0.338 e. The summed E-state index contributed by atoms with van der Waals surface area (Å²) in [6, 6.07) is 17.4. The van der Waals surface area contributed by atoms with Crippen LogP contribution < -0.4 is 5.32 Å². The van der Waals surface area contributed by atoms with Gasteiger partial charge in [0.15, 0.2) is 6.61 Å². The fourth-order valence-electron chi connectivity index (χ4n) is 3.68. The molecule has 1 N–H and O–H groups in total. The van der Waals surface area contributed by atoms with Crippen LogP contribution in [0.2, 0.25) is 0 Å². The molecule has 3 atom stereocenters. The number of hydrogen-bond donors (Lipinski definition) is 1. The van der Waals surface area contributed by atoms with Gasteiger partial charge in [-0.2, -0.15) is 0 Å². The Bertz CT molecular complexity index is 770. The Morgan fingerprint density at radius 3 is 2.33 bits per heavy atom. The Kier molecular flexibility index (Phi) is 6.28. The molecule has 142 valence electrons. The standard InChI is InChI=1S/C23H27NO3/c1-16-7-6-10-21(17(16)2)24-22(25)15-27-23(26)20-13-11-19(12-14-20)18-8-4-3-5-9-18/h3-5,8-9,11-14,16-17,21H,6-7,10,15H2,1-2H3,(H,24,25)/t16-,17+,21+/m0/s1. The summed E-state index contributed by atoms with van der Waals surface area (Å²) in [5.41, 5.74) is 2.57. The average molecular weight is 365 g/mol. The van der Waals surface area contributed by atoms with Gasteiger partial charge in [0, 0.05) is 6.04 Å². The number of amides is 1. The van der Waals surface area contributed by atoms with E-state index < -0.39 is 5.97 Å². The summed E-state index contributed by atoms with van der Waals surface area (Å²) in [7, 11) is 0. The molecule has 0 aliphatic heterocycles. The molecular weight excluding hydrogens is 338 g/mol. The maximum atomic E-state index is 12.2. The van der Waals surface area contributed by atoms with Crippen LogP contribution in [0.15, 0.2) is 54.6 Å². The van der Waals surface area contributed by atoms with E-state index in [9.17, 15) is 9.59 Å². The van der Waals surface area contributed by atoms with Crippen LogP contribution in [0, 0.1) is 11.8 Å². The first-order valence-electron chi connectivity index (χ1n) is 9.66. The fraction of sp³-hybridized carbons (Fsp3) is 0.391. The lowest BCUT2D eigenvalue weighted by Gasteiger charge is -2.34. The first-order valence-corrected chi connectivity index (χ1v) is 9.66. The van der Waals surface area contributed by atoms with Crippen molar-refractivity contribution in [2.45, 2.75) is 39.2 Å². The van der Waals surface area contributed by atoms with Crippen molar-refractivity contribution in [2.75, 3.05) is 6.61 Å². The molecule has 2 aromatic rings. The van der Waals surface area contributed by atoms with Crippen molar-refractivity contribution in [3.63, 3.8) is 0 Å². The Morgan fingerprint density at radius 1 is 0.963 bits per heavy atom. The molecule has 1 saturated carbocycles. The summed E-state index contributed by atoms with van der Waals surface area (Å²) in [5.74, 6) is 0.351. The molecule has 0 aromatic heterocycles. The lowest BCUT2D eigenvalue weighted by atomic mass is 9.78. The minimum Gasteiger partial charge on any atom is -0.452 e. The van der Waals surface area contributed by atoms with Crippen molar-refractivity contribution in [1.82, 2.24) is 5.32 Å². The predicted molar refractivity (Wildman–Crippen MR) is 106 cm³/mol. The number of nitrogens with one attached hydrogen (secondary N) is 1. The Labute approximate surface area is 160 Å². The molecule has 4 nitrogen and oxygen atoms in total. The molecule has 0 unspecified atom stereocenters. The highest BCUT2D eigenvalue weighted by Crippen LogP contribution is 2.29. The van der Waals surface area contributed by atoms with Gasteiger partial charge in [-0.25, -0.2) is 4.79 Å². The second kappa shape index (κ2) is 8.85. The summed E-state index contributed by atoms with van der Waals surface area (Å²) in [5, 5.41) is 3.02. The number of hydrogen-bond acceptors (Lipinski definition) is 3. The van der Waals surface area contributed by atoms with Crippen LogP contribution in [0.3, 0.4) is 0 Å². The van der Waals surface area contributed by atoms with Crippen LogP contribution in [-0.2, 0) is 9.53 Å². The number of carbonyl (C=O) groups is 2. The van der Waals surface area contributed by atoms with Crippen LogP contribution in [0.1, 0.15) is 43.5 Å². The summed E-state index contributed by atoms with van der Waals surface area (Å²) < 4.78 is 5.19. The molecule has 1 amide bonds. The van der Waals surface area contributed by atoms with Crippen molar-refractivity contribution in [3.8, 4) is 11.1 Å². The number of rotatable bonds is 5. The average Bonchev–Trinajstić information content (AvgIpc) is 2.70. The lowest BCUT2D eigenvalue weighted by molar-refractivity contribution is -0.125. The van der Waals surface area contributed by atoms with Crippen molar-refractivity contribution < 1.29 is 14.3 Å². The Balaban J connectivity index is 1.51. The Hall–Kier alpha value is -2.62. The first kappa shape index (κ1) is 19.2. The van der Waals surface area contributed by atoms with Gasteiger partial charge in [0.2, 0.25) is 0 Å². The summed E-state index contributed by atoms with van der Waals surface area (Å²) in [6.07, 6.45) is 3.33. The fourth-order valence-corrected chi connectivity index (χ4v) is 3.68. The van der Waals surface area contributed by atoms with Gasteiger partial charge in [0.25, 0.3) is 5.91 Å².